The molecule has 0 radical (unpaired) electrons. The lowest BCUT2D eigenvalue weighted by atomic mass is 10.2. The highest BCUT2D eigenvalue weighted by Crippen LogP contribution is 2.18. The maximum Gasteiger partial charge on any atom is 0.319 e. The van der Waals surface area contributed by atoms with Gasteiger partial charge in [-0.05, 0) is 36.4 Å². The number of ether oxygens (including phenoxy) is 1. The van der Waals surface area contributed by atoms with Gasteiger partial charge in [-0.1, -0.05) is 6.08 Å². The Kier molecular flexibility index (Phi) is 5.90. The second kappa shape index (κ2) is 8.33. The highest BCUT2D eigenvalue weighted by molar-refractivity contribution is 6.05. The Bertz CT molecular complexity index is 729. The van der Waals surface area contributed by atoms with Crippen molar-refractivity contribution in [1.29, 1.82) is 0 Å². The topological polar surface area (TPSA) is 92.4 Å². The van der Waals surface area contributed by atoms with E-state index in [1.54, 1.807) is 48.7 Å². The number of amides is 3. The molecule has 2 aromatic rings. The molecule has 1 aromatic heterocycles. The fourth-order valence-electron chi connectivity index (χ4n) is 1.90. The van der Waals surface area contributed by atoms with Crippen molar-refractivity contribution in [3.63, 3.8) is 0 Å². The molecular formula is C17H18N4O3. The van der Waals surface area contributed by atoms with Gasteiger partial charge in [-0.3, -0.25) is 4.79 Å². The SMILES string of the molecule is C=CCNC(=O)Nc1ccc(NC(=O)c2cccnc2OC)cc1. The van der Waals surface area contributed by atoms with E-state index in [0.29, 0.717) is 23.5 Å². The summed E-state index contributed by atoms with van der Waals surface area (Å²) in [5, 5.41) is 8.02. The van der Waals surface area contributed by atoms with Gasteiger partial charge in [0.25, 0.3) is 5.91 Å². The molecule has 0 fully saturated rings. The summed E-state index contributed by atoms with van der Waals surface area (Å²) in [5.41, 5.74) is 1.53. The van der Waals surface area contributed by atoms with Crippen LogP contribution in [-0.2, 0) is 0 Å². The number of anilines is 2. The van der Waals surface area contributed by atoms with Crippen LogP contribution in [0, 0.1) is 0 Å². The molecule has 0 aliphatic carbocycles. The molecule has 124 valence electrons. The van der Waals surface area contributed by atoms with Crippen molar-refractivity contribution >= 4 is 23.3 Å². The van der Waals surface area contributed by atoms with Gasteiger partial charge in [0.15, 0.2) is 0 Å². The number of rotatable bonds is 6. The van der Waals surface area contributed by atoms with Crippen molar-refractivity contribution in [2.45, 2.75) is 0 Å². The summed E-state index contributed by atoms with van der Waals surface area (Å²) in [7, 11) is 1.46. The van der Waals surface area contributed by atoms with Gasteiger partial charge in [0.2, 0.25) is 5.88 Å². The van der Waals surface area contributed by atoms with Gasteiger partial charge in [0.05, 0.1) is 7.11 Å². The summed E-state index contributed by atoms with van der Waals surface area (Å²) < 4.78 is 5.07. The molecule has 3 amide bonds. The van der Waals surface area contributed by atoms with Gasteiger partial charge in [-0.25, -0.2) is 9.78 Å². The van der Waals surface area contributed by atoms with E-state index in [-0.39, 0.29) is 17.8 Å². The fraction of sp³-hybridized carbons (Fsp3) is 0.118. The van der Waals surface area contributed by atoms with Crippen molar-refractivity contribution in [3.05, 3.63) is 60.8 Å². The average molecular weight is 326 g/mol. The Labute approximate surface area is 139 Å². The zero-order chi connectivity index (χ0) is 17.4. The minimum atomic E-state index is -0.329. The summed E-state index contributed by atoms with van der Waals surface area (Å²) in [5.74, 6) is -0.0726. The standard InChI is InChI=1S/C17H18N4O3/c1-3-10-19-17(23)21-13-8-6-12(7-9-13)20-15(22)14-5-4-11-18-16(14)24-2/h3-9,11H,1,10H2,2H3,(H,20,22)(H2,19,21,23). The molecule has 0 atom stereocenters. The molecular weight excluding hydrogens is 308 g/mol. The highest BCUT2D eigenvalue weighted by Gasteiger charge is 2.12. The van der Waals surface area contributed by atoms with Crippen LogP contribution in [0.5, 0.6) is 5.88 Å². The average Bonchev–Trinajstić information content (AvgIpc) is 2.61. The fourth-order valence-corrected chi connectivity index (χ4v) is 1.90. The summed E-state index contributed by atoms with van der Waals surface area (Å²) in [6.45, 7) is 3.90. The Morgan fingerprint density at radius 1 is 1.17 bits per heavy atom. The van der Waals surface area contributed by atoms with E-state index in [1.165, 1.54) is 7.11 Å². The number of nitrogens with zero attached hydrogens (tertiary/aromatic N) is 1. The predicted molar refractivity (Wildman–Crippen MR) is 92.4 cm³/mol. The third-order valence-corrected chi connectivity index (χ3v) is 3.02. The lowest BCUT2D eigenvalue weighted by Crippen LogP contribution is -2.28. The normalized spacial score (nSPS) is 9.71. The molecule has 0 aliphatic rings. The van der Waals surface area contributed by atoms with Gasteiger partial charge in [-0.15, -0.1) is 6.58 Å². The van der Waals surface area contributed by atoms with Crippen LogP contribution in [0.2, 0.25) is 0 Å². The molecule has 1 aromatic carbocycles. The molecule has 0 aliphatic heterocycles. The van der Waals surface area contributed by atoms with Crippen LogP contribution >= 0.6 is 0 Å². The van der Waals surface area contributed by atoms with Gasteiger partial charge < -0.3 is 20.7 Å². The number of methoxy groups -OCH3 is 1. The van der Waals surface area contributed by atoms with E-state index in [1.807, 2.05) is 0 Å². The van der Waals surface area contributed by atoms with Crippen LogP contribution in [0.3, 0.4) is 0 Å². The minimum Gasteiger partial charge on any atom is -0.480 e. The van der Waals surface area contributed by atoms with Gasteiger partial charge >= 0.3 is 6.03 Å². The predicted octanol–water partition coefficient (Wildman–Crippen LogP) is 2.65. The number of pyridine rings is 1. The molecule has 0 saturated heterocycles. The molecule has 24 heavy (non-hydrogen) atoms. The molecule has 1 heterocycles. The maximum atomic E-state index is 12.3. The van der Waals surface area contributed by atoms with E-state index in [4.69, 9.17) is 4.74 Å². The van der Waals surface area contributed by atoms with E-state index in [9.17, 15) is 9.59 Å². The largest absolute Gasteiger partial charge is 0.480 e. The van der Waals surface area contributed by atoms with E-state index < -0.39 is 0 Å². The van der Waals surface area contributed by atoms with Crippen LogP contribution in [-0.4, -0.2) is 30.6 Å². The van der Waals surface area contributed by atoms with Crippen molar-refractivity contribution in [2.24, 2.45) is 0 Å². The quantitative estimate of drug-likeness (QED) is 0.712. The summed E-state index contributed by atoms with van der Waals surface area (Å²) >= 11 is 0. The lowest BCUT2D eigenvalue weighted by Gasteiger charge is -2.09. The van der Waals surface area contributed by atoms with Crippen molar-refractivity contribution in [3.8, 4) is 5.88 Å². The number of urea groups is 1. The molecule has 0 unspecified atom stereocenters. The van der Waals surface area contributed by atoms with E-state index in [2.05, 4.69) is 27.5 Å². The van der Waals surface area contributed by atoms with Gasteiger partial charge in [0.1, 0.15) is 5.56 Å². The first kappa shape index (κ1) is 17.0. The number of nitrogens with one attached hydrogen (secondary N) is 3. The van der Waals surface area contributed by atoms with Crippen molar-refractivity contribution in [1.82, 2.24) is 10.3 Å². The monoisotopic (exact) mass is 326 g/mol. The molecule has 7 heteroatoms. The number of carbonyl (C=O) groups is 2. The molecule has 3 N–H and O–H groups in total. The first-order chi connectivity index (χ1) is 11.6. The summed E-state index contributed by atoms with van der Waals surface area (Å²) in [4.78, 5) is 27.8. The van der Waals surface area contributed by atoms with Crippen LogP contribution in [0.4, 0.5) is 16.2 Å². The van der Waals surface area contributed by atoms with Crippen LogP contribution in [0.15, 0.2) is 55.3 Å². The van der Waals surface area contributed by atoms with E-state index >= 15 is 0 Å². The second-order valence-electron chi connectivity index (χ2n) is 4.72. The first-order valence-corrected chi connectivity index (χ1v) is 7.20. The zero-order valence-electron chi connectivity index (χ0n) is 13.2. The minimum absolute atomic E-state index is 0.257. The Balaban J connectivity index is 1.99. The van der Waals surface area contributed by atoms with Crippen molar-refractivity contribution < 1.29 is 14.3 Å². The molecule has 0 spiro atoms. The number of carbonyl (C=O) groups excluding carboxylic acids is 2. The molecule has 0 bridgehead atoms. The molecule has 7 nitrogen and oxygen atoms in total. The Morgan fingerprint density at radius 2 is 1.83 bits per heavy atom. The Morgan fingerprint density at radius 3 is 2.46 bits per heavy atom. The third-order valence-electron chi connectivity index (χ3n) is 3.02. The van der Waals surface area contributed by atoms with Gasteiger partial charge in [0, 0.05) is 24.1 Å². The van der Waals surface area contributed by atoms with Crippen LogP contribution in [0.25, 0.3) is 0 Å². The third kappa shape index (κ3) is 4.57. The number of benzene rings is 1. The number of aromatic nitrogens is 1. The van der Waals surface area contributed by atoms with Crippen LogP contribution < -0.4 is 20.7 Å². The summed E-state index contributed by atoms with van der Waals surface area (Å²) in [6, 6.07) is 9.69. The van der Waals surface area contributed by atoms with Gasteiger partial charge in [-0.2, -0.15) is 0 Å². The maximum absolute atomic E-state index is 12.3. The van der Waals surface area contributed by atoms with Crippen molar-refractivity contribution in [2.75, 3.05) is 24.3 Å². The first-order valence-electron chi connectivity index (χ1n) is 7.20. The zero-order valence-corrected chi connectivity index (χ0v) is 13.2. The smallest absolute Gasteiger partial charge is 0.319 e. The second-order valence-corrected chi connectivity index (χ2v) is 4.72. The summed E-state index contributed by atoms with van der Waals surface area (Å²) in [6.07, 6.45) is 3.14. The molecule has 2 rings (SSSR count). The number of hydrogen-bond acceptors (Lipinski definition) is 4. The van der Waals surface area contributed by atoms with E-state index in [0.717, 1.165) is 0 Å². The Hall–Kier alpha value is -3.35. The van der Waals surface area contributed by atoms with Crippen LogP contribution in [0.1, 0.15) is 10.4 Å². The highest BCUT2D eigenvalue weighted by atomic mass is 16.5. The number of hydrogen-bond donors (Lipinski definition) is 3. The lowest BCUT2D eigenvalue weighted by molar-refractivity contribution is 0.102. The molecule has 0 saturated carbocycles.